The van der Waals surface area contributed by atoms with Crippen LogP contribution in [0.5, 0.6) is 0 Å². The number of carbonyl (C=O) groups is 1. The molecule has 0 spiro atoms. The summed E-state index contributed by atoms with van der Waals surface area (Å²) in [6.45, 7) is 3.84. The number of aromatic amines is 1. The summed E-state index contributed by atoms with van der Waals surface area (Å²) in [7, 11) is 0. The number of rotatable bonds is 3. The molecule has 2 saturated heterocycles. The number of nitrogens with one attached hydrogen (secondary N) is 2. The first-order valence-electron chi connectivity index (χ1n) is 8.95. The zero-order valence-electron chi connectivity index (χ0n) is 13.9. The quantitative estimate of drug-likeness (QED) is 0.806. The normalized spacial score (nSPS) is 25.5. The molecule has 3 heterocycles. The summed E-state index contributed by atoms with van der Waals surface area (Å²) in [4.78, 5) is 18.1. The van der Waals surface area contributed by atoms with E-state index in [0.717, 1.165) is 55.5 Å². The molecule has 2 aliphatic heterocycles. The van der Waals surface area contributed by atoms with Gasteiger partial charge in [-0.2, -0.15) is 0 Å². The summed E-state index contributed by atoms with van der Waals surface area (Å²) in [5.74, 6) is 1.69. The van der Waals surface area contributed by atoms with Gasteiger partial charge in [0, 0.05) is 48.9 Å². The van der Waals surface area contributed by atoms with Crippen molar-refractivity contribution in [2.75, 3.05) is 32.8 Å². The Kier molecular flexibility index (Phi) is 4.29. The molecule has 2 atom stereocenters. The second-order valence-corrected chi connectivity index (χ2v) is 7.14. The van der Waals surface area contributed by atoms with Crippen LogP contribution in [0.3, 0.4) is 0 Å². The van der Waals surface area contributed by atoms with E-state index in [2.05, 4.69) is 10.3 Å². The Bertz CT molecular complexity index is 718. The number of aliphatic hydroxyl groups excluding tert-OH is 1. The third kappa shape index (κ3) is 2.72. The molecule has 5 heteroatoms. The Hall–Kier alpha value is -1.85. The predicted molar refractivity (Wildman–Crippen MR) is 93.9 cm³/mol. The second-order valence-electron chi connectivity index (χ2n) is 7.14. The van der Waals surface area contributed by atoms with Crippen LogP contribution in [0.2, 0.25) is 0 Å². The molecule has 2 aliphatic rings. The van der Waals surface area contributed by atoms with Gasteiger partial charge in [0.15, 0.2) is 0 Å². The van der Waals surface area contributed by atoms with E-state index in [1.54, 1.807) is 0 Å². The van der Waals surface area contributed by atoms with E-state index in [0.29, 0.717) is 17.8 Å². The largest absolute Gasteiger partial charge is 0.396 e. The lowest BCUT2D eigenvalue weighted by Crippen LogP contribution is -2.41. The van der Waals surface area contributed by atoms with E-state index in [9.17, 15) is 9.90 Å². The maximum absolute atomic E-state index is 12.9. The molecule has 5 nitrogen and oxygen atoms in total. The van der Waals surface area contributed by atoms with Crippen LogP contribution in [0.4, 0.5) is 0 Å². The molecule has 2 fully saturated rings. The van der Waals surface area contributed by atoms with Crippen LogP contribution in [-0.2, 0) is 0 Å². The number of hydrogen-bond donors (Lipinski definition) is 3. The fourth-order valence-corrected chi connectivity index (χ4v) is 4.48. The number of likely N-dealkylation sites (tertiary alicyclic amines) is 1. The molecule has 4 rings (SSSR count). The molecular formula is C19H25N3O2. The lowest BCUT2D eigenvalue weighted by molar-refractivity contribution is 0.0627. The number of H-pyrrole nitrogens is 1. The van der Waals surface area contributed by atoms with E-state index in [4.69, 9.17) is 0 Å². The van der Waals surface area contributed by atoms with Gasteiger partial charge in [-0.1, -0.05) is 6.07 Å². The minimum Gasteiger partial charge on any atom is -0.396 e. The Labute approximate surface area is 142 Å². The first-order chi connectivity index (χ1) is 11.8. The zero-order valence-corrected chi connectivity index (χ0v) is 13.9. The van der Waals surface area contributed by atoms with Crippen molar-refractivity contribution in [2.24, 2.45) is 17.8 Å². The van der Waals surface area contributed by atoms with E-state index in [1.807, 2.05) is 35.4 Å². The minimum atomic E-state index is 0.141. The molecular weight excluding hydrogens is 302 g/mol. The first-order valence-corrected chi connectivity index (χ1v) is 8.95. The van der Waals surface area contributed by atoms with Crippen molar-refractivity contribution >= 4 is 16.8 Å². The Morgan fingerprint density at radius 1 is 1.21 bits per heavy atom. The smallest absolute Gasteiger partial charge is 0.254 e. The summed E-state index contributed by atoms with van der Waals surface area (Å²) in [6.07, 6.45) is 3.96. The van der Waals surface area contributed by atoms with Gasteiger partial charge in [0.2, 0.25) is 0 Å². The number of fused-ring (bicyclic) bond motifs is 1. The highest BCUT2D eigenvalue weighted by atomic mass is 16.3. The summed E-state index contributed by atoms with van der Waals surface area (Å²) in [5.41, 5.74) is 1.81. The van der Waals surface area contributed by atoms with E-state index in [1.165, 1.54) is 0 Å². The third-order valence-corrected chi connectivity index (χ3v) is 5.88. The van der Waals surface area contributed by atoms with Crippen LogP contribution >= 0.6 is 0 Å². The SMILES string of the molecule is O=C(c1cccc2[nH]ccc12)N1CCC([C@@H]2CNC[C@H]2CO)CC1. The zero-order chi connectivity index (χ0) is 16.5. The minimum absolute atomic E-state index is 0.141. The standard InChI is InChI=1S/C19H25N3O2/c23-12-14-10-20-11-17(14)13-5-8-22(9-6-13)19(24)16-2-1-3-18-15(16)4-7-21-18/h1-4,7,13-14,17,20-21,23H,5-6,8-12H2/t14-,17-/m0/s1. The van der Waals surface area contributed by atoms with Crippen molar-refractivity contribution in [2.45, 2.75) is 12.8 Å². The van der Waals surface area contributed by atoms with Crippen LogP contribution in [0.15, 0.2) is 30.5 Å². The number of carbonyl (C=O) groups excluding carboxylic acids is 1. The van der Waals surface area contributed by atoms with Gasteiger partial charge in [0.05, 0.1) is 0 Å². The molecule has 0 bridgehead atoms. The van der Waals surface area contributed by atoms with Crippen molar-refractivity contribution < 1.29 is 9.90 Å². The van der Waals surface area contributed by atoms with Crippen LogP contribution in [-0.4, -0.2) is 53.7 Å². The molecule has 0 saturated carbocycles. The maximum atomic E-state index is 12.9. The Balaban J connectivity index is 1.44. The molecule has 0 unspecified atom stereocenters. The number of benzene rings is 1. The van der Waals surface area contributed by atoms with Crippen molar-refractivity contribution in [3.05, 3.63) is 36.0 Å². The van der Waals surface area contributed by atoms with Crippen molar-refractivity contribution in [3.63, 3.8) is 0 Å². The maximum Gasteiger partial charge on any atom is 0.254 e. The van der Waals surface area contributed by atoms with Crippen LogP contribution in [0, 0.1) is 17.8 Å². The third-order valence-electron chi connectivity index (χ3n) is 5.88. The van der Waals surface area contributed by atoms with Gasteiger partial charge in [0.1, 0.15) is 0 Å². The molecule has 1 aromatic carbocycles. The summed E-state index contributed by atoms with van der Waals surface area (Å²) in [5, 5.41) is 13.9. The molecule has 1 aromatic heterocycles. The number of amides is 1. The van der Waals surface area contributed by atoms with Crippen molar-refractivity contribution in [3.8, 4) is 0 Å². The highest BCUT2D eigenvalue weighted by molar-refractivity contribution is 6.06. The first kappa shape index (κ1) is 15.7. The average molecular weight is 327 g/mol. The van der Waals surface area contributed by atoms with E-state index >= 15 is 0 Å². The van der Waals surface area contributed by atoms with Crippen molar-refractivity contribution in [1.82, 2.24) is 15.2 Å². The van der Waals surface area contributed by atoms with Crippen molar-refractivity contribution in [1.29, 1.82) is 0 Å². The lowest BCUT2D eigenvalue weighted by Gasteiger charge is -2.36. The van der Waals surface area contributed by atoms with Gasteiger partial charge in [-0.3, -0.25) is 4.79 Å². The Morgan fingerprint density at radius 3 is 2.83 bits per heavy atom. The molecule has 128 valence electrons. The second kappa shape index (κ2) is 6.57. The van der Waals surface area contributed by atoms with Gasteiger partial charge in [-0.25, -0.2) is 0 Å². The number of aliphatic hydroxyl groups is 1. The predicted octanol–water partition coefficient (Wildman–Crippen LogP) is 1.85. The molecule has 24 heavy (non-hydrogen) atoms. The molecule has 3 N–H and O–H groups in total. The topological polar surface area (TPSA) is 68.4 Å². The average Bonchev–Trinajstić information content (AvgIpc) is 3.29. The fourth-order valence-electron chi connectivity index (χ4n) is 4.48. The summed E-state index contributed by atoms with van der Waals surface area (Å²) in [6, 6.07) is 7.84. The summed E-state index contributed by atoms with van der Waals surface area (Å²) >= 11 is 0. The summed E-state index contributed by atoms with van der Waals surface area (Å²) < 4.78 is 0. The van der Waals surface area contributed by atoms with Gasteiger partial charge >= 0.3 is 0 Å². The number of piperidine rings is 1. The highest BCUT2D eigenvalue weighted by Gasteiger charge is 2.35. The molecule has 0 aliphatic carbocycles. The van der Waals surface area contributed by atoms with Gasteiger partial charge in [-0.05, 0) is 55.3 Å². The van der Waals surface area contributed by atoms with Gasteiger partial charge in [0.25, 0.3) is 5.91 Å². The fraction of sp³-hybridized carbons (Fsp3) is 0.526. The molecule has 0 radical (unpaired) electrons. The van der Waals surface area contributed by atoms with Gasteiger partial charge < -0.3 is 20.3 Å². The Morgan fingerprint density at radius 2 is 2.04 bits per heavy atom. The van der Waals surface area contributed by atoms with E-state index < -0.39 is 0 Å². The lowest BCUT2D eigenvalue weighted by atomic mass is 9.78. The van der Waals surface area contributed by atoms with Crippen LogP contribution < -0.4 is 5.32 Å². The number of hydrogen-bond acceptors (Lipinski definition) is 3. The van der Waals surface area contributed by atoms with Crippen LogP contribution in [0.1, 0.15) is 23.2 Å². The van der Waals surface area contributed by atoms with Gasteiger partial charge in [-0.15, -0.1) is 0 Å². The number of nitrogens with zero attached hydrogens (tertiary/aromatic N) is 1. The monoisotopic (exact) mass is 327 g/mol. The molecule has 1 amide bonds. The van der Waals surface area contributed by atoms with Crippen LogP contribution in [0.25, 0.3) is 10.9 Å². The van der Waals surface area contributed by atoms with E-state index in [-0.39, 0.29) is 12.5 Å². The molecule has 2 aromatic rings. The number of aromatic nitrogens is 1. The highest BCUT2D eigenvalue weighted by Crippen LogP contribution is 2.33.